The quantitative estimate of drug-likeness (QED) is 0.909. The third-order valence-electron chi connectivity index (χ3n) is 4.73. The lowest BCUT2D eigenvalue weighted by Gasteiger charge is -2.35. The SMILES string of the molecule is CC(C)c1ccccc1NC(=O)N1CCN(Cc2ccccc2)CC1. The van der Waals surface area contributed by atoms with Gasteiger partial charge in [-0.25, -0.2) is 4.79 Å². The van der Waals surface area contributed by atoms with E-state index in [2.05, 4.69) is 54.4 Å². The molecule has 0 radical (unpaired) electrons. The van der Waals surface area contributed by atoms with Crippen LogP contribution < -0.4 is 5.32 Å². The Morgan fingerprint density at radius 1 is 0.960 bits per heavy atom. The number of rotatable bonds is 4. The molecule has 0 spiro atoms. The minimum absolute atomic E-state index is 0.00691. The van der Waals surface area contributed by atoms with Crippen molar-refractivity contribution in [3.63, 3.8) is 0 Å². The zero-order valence-corrected chi connectivity index (χ0v) is 15.1. The third-order valence-corrected chi connectivity index (χ3v) is 4.73. The minimum Gasteiger partial charge on any atom is -0.322 e. The lowest BCUT2D eigenvalue weighted by atomic mass is 10.0. The largest absolute Gasteiger partial charge is 0.322 e. The van der Waals surface area contributed by atoms with Gasteiger partial charge in [-0.1, -0.05) is 62.4 Å². The van der Waals surface area contributed by atoms with E-state index in [9.17, 15) is 4.79 Å². The van der Waals surface area contributed by atoms with Crippen LogP contribution >= 0.6 is 0 Å². The Bertz CT molecular complexity index is 691. The van der Waals surface area contributed by atoms with Crippen molar-refractivity contribution in [3.8, 4) is 0 Å². The van der Waals surface area contributed by atoms with Crippen LogP contribution in [0, 0.1) is 0 Å². The summed E-state index contributed by atoms with van der Waals surface area (Å²) < 4.78 is 0. The number of anilines is 1. The number of nitrogens with zero attached hydrogens (tertiary/aromatic N) is 2. The molecule has 0 aliphatic carbocycles. The molecule has 4 nitrogen and oxygen atoms in total. The van der Waals surface area contributed by atoms with E-state index in [1.165, 1.54) is 11.1 Å². The number of piperazine rings is 1. The molecule has 1 aliphatic heterocycles. The van der Waals surface area contributed by atoms with Crippen molar-refractivity contribution in [2.24, 2.45) is 0 Å². The summed E-state index contributed by atoms with van der Waals surface area (Å²) in [7, 11) is 0. The van der Waals surface area contributed by atoms with Gasteiger partial charge in [0.2, 0.25) is 0 Å². The lowest BCUT2D eigenvalue weighted by Crippen LogP contribution is -2.49. The molecule has 1 fully saturated rings. The van der Waals surface area contributed by atoms with Gasteiger partial charge < -0.3 is 10.2 Å². The molecule has 132 valence electrons. The molecule has 0 saturated carbocycles. The van der Waals surface area contributed by atoms with E-state index in [1.807, 2.05) is 29.2 Å². The first-order valence-electron chi connectivity index (χ1n) is 9.04. The van der Waals surface area contributed by atoms with E-state index in [0.717, 1.165) is 38.4 Å². The van der Waals surface area contributed by atoms with E-state index in [-0.39, 0.29) is 6.03 Å². The van der Waals surface area contributed by atoms with Crippen molar-refractivity contribution in [2.45, 2.75) is 26.3 Å². The van der Waals surface area contributed by atoms with E-state index >= 15 is 0 Å². The Hall–Kier alpha value is -2.33. The van der Waals surface area contributed by atoms with Gasteiger partial charge in [-0.15, -0.1) is 0 Å². The van der Waals surface area contributed by atoms with Gasteiger partial charge in [-0.2, -0.15) is 0 Å². The first-order chi connectivity index (χ1) is 12.1. The number of amides is 2. The second kappa shape index (κ2) is 8.17. The number of hydrogen-bond acceptors (Lipinski definition) is 2. The van der Waals surface area contributed by atoms with E-state index < -0.39 is 0 Å². The van der Waals surface area contributed by atoms with Crippen LogP contribution in [0.5, 0.6) is 0 Å². The van der Waals surface area contributed by atoms with Crippen LogP contribution in [0.3, 0.4) is 0 Å². The lowest BCUT2D eigenvalue weighted by molar-refractivity contribution is 0.143. The molecular formula is C21H27N3O. The second-order valence-electron chi connectivity index (χ2n) is 6.92. The highest BCUT2D eigenvalue weighted by atomic mass is 16.2. The zero-order valence-electron chi connectivity index (χ0n) is 15.1. The predicted molar refractivity (Wildman–Crippen MR) is 103 cm³/mol. The van der Waals surface area contributed by atoms with Crippen molar-refractivity contribution in [3.05, 3.63) is 65.7 Å². The van der Waals surface area contributed by atoms with Gasteiger partial charge in [-0.05, 0) is 23.1 Å². The van der Waals surface area contributed by atoms with Crippen LogP contribution in [0.2, 0.25) is 0 Å². The summed E-state index contributed by atoms with van der Waals surface area (Å²) >= 11 is 0. The summed E-state index contributed by atoms with van der Waals surface area (Å²) in [6, 6.07) is 18.6. The molecule has 25 heavy (non-hydrogen) atoms. The minimum atomic E-state index is 0.00691. The van der Waals surface area contributed by atoms with Crippen LogP contribution in [0.25, 0.3) is 0 Å². The maximum atomic E-state index is 12.6. The predicted octanol–water partition coefficient (Wildman–Crippen LogP) is 4.16. The van der Waals surface area contributed by atoms with E-state index in [1.54, 1.807) is 0 Å². The molecule has 2 amide bonds. The van der Waals surface area contributed by atoms with Gasteiger partial charge in [0.25, 0.3) is 0 Å². The summed E-state index contributed by atoms with van der Waals surface area (Å²) in [6.45, 7) is 8.60. The number of urea groups is 1. The van der Waals surface area contributed by atoms with Crippen LogP contribution in [-0.4, -0.2) is 42.0 Å². The average Bonchev–Trinajstić information content (AvgIpc) is 2.63. The highest BCUT2D eigenvalue weighted by molar-refractivity contribution is 5.90. The molecule has 0 unspecified atom stereocenters. The Morgan fingerprint density at radius 2 is 1.60 bits per heavy atom. The normalized spacial score (nSPS) is 15.4. The van der Waals surface area contributed by atoms with E-state index in [4.69, 9.17) is 0 Å². The van der Waals surface area contributed by atoms with Crippen molar-refractivity contribution < 1.29 is 4.79 Å². The van der Waals surface area contributed by atoms with Crippen LogP contribution in [0.15, 0.2) is 54.6 Å². The summed E-state index contributed by atoms with van der Waals surface area (Å²) in [6.07, 6.45) is 0. The summed E-state index contributed by atoms with van der Waals surface area (Å²) in [5.74, 6) is 0.388. The molecule has 1 heterocycles. The van der Waals surface area contributed by atoms with Crippen molar-refractivity contribution in [1.29, 1.82) is 0 Å². The Morgan fingerprint density at radius 3 is 2.28 bits per heavy atom. The number of benzene rings is 2. The molecule has 2 aromatic carbocycles. The highest BCUT2D eigenvalue weighted by Gasteiger charge is 2.21. The number of carbonyl (C=O) groups is 1. The van der Waals surface area contributed by atoms with Crippen LogP contribution in [0.4, 0.5) is 10.5 Å². The van der Waals surface area contributed by atoms with Gasteiger partial charge in [0.05, 0.1) is 0 Å². The fourth-order valence-corrected chi connectivity index (χ4v) is 3.26. The molecule has 0 aromatic heterocycles. The topological polar surface area (TPSA) is 35.6 Å². The average molecular weight is 337 g/mol. The van der Waals surface area contributed by atoms with Gasteiger partial charge >= 0.3 is 6.03 Å². The number of carbonyl (C=O) groups excluding carboxylic acids is 1. The standard InChI is InChI=1S/C21H27N3O/c1-17(2)19-10-6-7-11-20(19)22-21(25)24-14-12-23(13-15-24)16-18-8-4-3-5-9-18/h3-11,17H,12-16H2,1-2H3,(H,22,25). The number of nitrogens with one attached hydrogen (secondary N) is 1. The number of hydrogen-bond donors (Lipinski definition) is 1. The summed E-state index contributed by atoms with van der Waals surface area (Å²) in [5.41, 5.74) is 3.43. The van der Waals surface area contributed by atoms with Gasteiger partial charge in [0, 0.05) is 38.4 Å². The van der Waals surface area contributed by atoms with Crippen molar-refractivity contribution in [1.82, 2.24) is 9.80 Å². The molecule has 4 heteroatoms. The second-order valence-corrected chi connectivity index (χ2v) is 6.92. The third kappa shape index (κ3) is 4.60. The van der Waals surface area contributed by atoms with Gasteiger partial charge in [-0.3, -0.25) is 4.90 Å². The van der Waals surface area contributed by atoms with E-state index in [0.29, 0.717) is 5.92 Å². The molecular weight excluding hydrogens is 310 g/mol. The molecule has 1 saturated heterocycles. The number of para-hydroxylation sites is 1. The molecule has 0 bridgehead atoms. The Labute approximate surface area is 150 Å². The highest BCUT2D eigenvalue weighted by Crippen LogP contribution is 2.24. The van der Waals surface area contributed by atoms with Gasteiger partial charge in [0.15, 0.2) is 0 Å². The van der Waals surface area contributed by atoms with Crippen LogP contribution in [0.1, 0.15) is 30.9 Å². The maximum Gasteiger partial charge on any atom is 0.321 e. The van der Waals surface area contributed by atoms with Crippen LogP contribution in [-0.2, 0) is 6.54 Å². The monoisotopic (exact) mass is 337 g/mol. The summed E-state index contributed by atoms with van der Waals surface area (Å²) in [5, 5.41) is 3.09. The first kappa shape index (κ1) is 17.5. The fourth-order valence-electron chi connectivity index (χ4n) is 3.26. The van der Waals surface area contributed by atoms with Crippen molar-refractivity contribution >= 4 is 11.7 Å². The molecule has 0 atom stereocenters. The Kier molecular flexibility index (Phi) is 5.71. The molecule has 1 N–H and O–H groups in total. The zero-order chi connectivity index (χ0) is 17.6. The fraction of sp³-hybridized carbons (Fsp3) is 0.381. The molecule has 2 aromatic rings. The summed E-state index contributed by atoms with van der Waals surface area (Å²) in [4.78, 5) is 16.9. The Balaban J connectivity index is 1.54. The maximum absolute atomic E-state index is 12.6. The first-order valence-corrected chi connectivity index (χ1v) is 9.04. The molecule has 1 aliphatic rings. The van der Waals surface area contributed by atoms with Gasteiger partial charge in [0.1, 0.15) is 0 Å². The van der Waals surface area contributed by atoms with Crippen molar-refractivity contribution in [2.75, 3.05) is 31.5 Å². The molecule has 3 rings (SSSR count). The smallest absolute Gasteiger partial charge is 0.321 e.